The van der Waals surface area contributed by atoms with Gasteiger partial charge in [-0.25, -0.2) is 0 Å². The number of aromatic nitrogens is 1. The standard InChI is InChI=1S/C13H12BrN3OS/c1-17(6-10-4-8(14)7-19-10)13-16-11-5-9(15)2-3-12(11)18-13/h2-5,7H,6,15H2,1H3. The second-order valence-electron chi connectivity index (χ2n) is 4.31. The number of benzene rings is 1. The number of thiophene rings is 1. The van der Waals surface area contributed by atoms with E-state index in [1.807, 2.05) is 30.1 Å². The van der Waals surface area contributed by atoms with Crippen molar-refractivity contribution in [2.24, 2.45) is 0 Å². The maximum Gasteiger partial charge on any atom is 0.298 e. The molecule has 0 aliphatic heterocycles. The number of rotatable bonds is 3. The quantitative estimate of drug-likeness (QED) is 0.737. The summed E-state index contributed by atoms with van der Waals surface area (Å²) in [5.74, 6) is 0. The minimum absolute atomic E-state index is 0.602. The van der Waals surface area contributed by atoms with Crippen LogP contribution in [0.1, 0.15) is 4.88 Å². The number of fused-ring (bicyclic) bond motifs is 1. The van der Waals surface area contributed by atoms with E-state index >= 15 is 0 Å². The molecule has 2 aromatic heterocycles. The van der Waals surface area contributed by atoms with Crippen LogP contribution in [-0.4, -0.2) is 12.0 Å². The molecule has 4 nitrogen and oxygen atoms in total. The van der Waals surface area contributed by atoms with Gasteiger partial charge in [-0.05, 0) is 40.2 Å². The van der Waals surface area contributed by atoms with Crippen molar-refractivity contribution in [1.82, 2.24) is 4.98 Å². The molecule has 0 aliphatic rings. The van der Waals surface area contributed by atoms with E-state index in [0.717, 1.165) is 22.1 Å². The van der Waals surface area contributed by atoms with Crippen LogP contribution in [-0.2, 0) is 6.54 Å². The molecule has 3 rings (SSSR count). The molecule has 0 bridgehead atoms. The monoisotopic (exact) mass is 337 g/mol. The summed E-state index contributed by atoms with van der Waals surface area (Å²) in [5.41, 5.74) is 7.97. The molecule has 2 heterocycles. The summed E-state index contributed by atoms with van der Waals surface area (Å²) in [6, 6.07) is 8.18. The third-order valence-electron chi connectivity index (χ3n) is 2.74. The van der Waals surface area contributed by atoms with E-state index in [-0.39, 0.29) is 0 Å². The predicted molar refractivity (Wildman–Crippen MR) is 82.5 cm³/mol. The third-order valence-corrected chi connectivity index (χ3v) is 4.42. The number of hydrogen-bond donors (Lipinski definition) is 1. The van der Waals surface area contributed by atoms with Gasteiger partial charge in [0.15, 0.2) is 5.58 Å². The molecule has 0 aliphatic carbocycles. The van der Waals surface area contributed by atoms with E-state index in [9.17, 15) is 0 Å². The van der Waals surface area contributed by atoms with Crippen LogP contribution in [0.2, 0.25) is 0 Å². The van der Waals surface area contributed by atoms with E-state index in [1.54, 1.807) is 11.3 Å². The molecule has 0 amide bonds. The molecule has 0 spiro atoms. The van der Waals surface area contributed by atoms with E-state index in [1.165, 1.54) is 4.88 Å². The van der Waals surface area contributed by atoms with Crippen molar-refractivity contribution in [1.29, 1.82) is 0 Å². The molecular weight excluding hydrogens is 326 g/mol. The Bertz CT molecular complexity index is 722. The molecule has 6 heteroatoms. The summed E-state index contributed by atoms with van der Waals surface area (Å²) >= 11 is 5.16. The first-order chi connectivity index (χ1) is 9.11. The molecule has 0 saturated carbocycles. The molecule has 19 heavy (non-hydrogen) atoms. The van der Waals surface area contributed by atoms with Gasteiger partial charge in [-0.1, -0.05) is 0 Å². The molecule has 98 valence electrons. The molecule has 0 saturated heterocycles. The first kappa shape index (κ1) is 12.5. The molecule has 3 aromatic rings. The average molecular weight is 338 g/mol. The zero-order chi connectivity index (χ0) is 13.4. The Morgan fingerprint density at radius 2 is 2.26 bits per heavy atom. The van der Waals surface area contributed by atoms with Gasteiger partial charge >= 0.3 is 0 Å². The highest BCUT2D eigenvalue weighted by Crippen LogP contribution is 2.26. The lowest BCUT2D eigenvalue weighted by molar-refractivity contribution is 0.583. The van der Waals surface area contributed by atoms with Crippen LogP contribution in [0.4, 0.5) is 11.7 Å². The molecule has 0 fully saturated rings. The molecular formula is C13H12BrN3OS. The summed E-state index contributed by atoms with van der Waals surface area (Å²) in [5, 5.41) is 2.07. The Hall–Kier alpha value is -1.53. The van der Waals surface area contributed by atoms with Gasteiger partial charge in [-0.3, -0.25) is 0 Å². The second kappa shape index (κ2) is 4.86. The number of halogens is 1. The van der Waals surface area contributed by atoms with Crippen molar-refractivity contribution in [3.63, 3.8) is 0 Å². The molecule has 2 N–H and O–H groups in total. The van der Waals surface area contributed by atoms with Gasteiger partial charge in [0.25, 0.3) is 6.01 Å². The topological polar surface area (TPSA) is 55.3 Å². The van der Waals surface area contributed by atoms with Crippen molar-refractivity contribution in [3.8, 4) is 0 Å². The van der Waals surface area contributed by atoms with Crippen molar-refractivity contribution < 1.29 is 4.42 Å². The SMILES string of the molecule is CN(Cc1cc(Br)cs1)c1nc2cc(N)ccc2o1. The Morgan fingerprint density at radius 1 is 1.42 bits per heavy atom. The largest absolute Gasteiger partial charge is 0.423 e. The minimum atomic E-state index is 0.602. The first-order valence-electron chi connectivity index (χ1n) is 5.72. The Labute approximate surface area is 123 Å². The summed E-state index contributed by atoms with van der Waals surface area (Å²) < 4.78 is 6.82. The van der Waals surface area contributed by atoms with Crippen molar-refractivity contribution in [2.45, 2.75) is 6.54 Å². The molecule has 0 unspecified atom stereocenters. The fraction of sp³-hybridized carbons (Fsp3) is 0.154. The van der Waals surface area contributed by atoms with Gasteiger partial charge in [0, 0.05) is 27.5 Å². The van der Waals surface area contributed by atoms with E-state index in [4.69, 9.17) is 10.2 Å². The van der Waals surface area contributed by atoms with Gasteiger partial charge in [0.1, 0.15) is 5.52 Å². The average Bonchev–Trinajstić information content (AvgIpc) is 2.95. The predicted octanol–water partition coefficient (Wildman–Crippen LogP) is 3.87. The van der Waals surface area contributed by atoms with Crippen molar-refractivity contribution >= 4 is 50.1 Å². The second-order valence-corrected chi connectivity index (χ2v) is 6.22. The van der Waals surface area contributed by atoms with Crippen LogP contribution in [0.5, 0.6) is 0 Å². The fourth-order valence-electron chi connectivity index (χ4n) is 1.83. The van der Waals surface area contributed by atoms with E-state index < -0.39 is 0 Å². The minimum Gasteiger partial charge on any atom is -0.423 e. The van der Waals surface area contributed by atoms with Crippen LogP contribution in [0.25, 0.3) is 11.1 Å². The normalized spacial score (nSPS) is 11.1. The number of anilines is 2. The smallest absolute Gasteiger partial charge is 0.298 e. The molecule has 1 aromatic carbocycles. The zero-order valence-corrected chi connectivity index (χ0v) is 12.7. The number of nitrogen functional groups attached to an aromatic ring is 1. The van der Waals surface area contributed by atoms with Crippen molar-refractivity contribution in [2.75, 3.05) is 17.7 Å². The lowest BCUT2D eigenvalue weighted by Crippen LogP contribution is -2.15. The number of nitrogens with zero attached hydrogens (tertiary/aromatic N) is 2. The summed E-state index contributed by atoms with van der Waals surface area (Å²) in [6.45, 7) is 0.762. The summed E-state index contributed by atoms with van der Waals surface area (Å²) in [4.78, 5) is 7.68. The maximum atomic E-state index is 5.74. The maximum absolute atomic E-state index is 5.74. The van der Waals surface area contributed by atoms with Gasteiger partial charge < -0.3 is 15.1 Å². The van der Waals surface area contributed by atoms with Gasteiger partial charge in [-0.2, -0.15) is 4.98 Å². The van der Waals surface area contributed by atoms with Crippen molar-refractivity contribution in [3.05, 3.63) is 39.0 Å². The van der Waals surface area contributed by atoms with Gasteiger partial charge in [0.2, 0.25) is 0 Å². The van der Waals surface area contributed by atoms with Crippen LogP contribution in [0.3, 0.4) is 0 Å². The molecule has 0 radical (unpaired) electrons. The molecule has 0 atom stereocenters. The third kappa shape index (κ3) is 2.59. The Morgan fingerprint density at radius 3 is 3.00 bits per heavy atom. The highest BCUT2D eigenvalue weighted by Gasteiger charge is 2.11. The Kier molecular flexibility index (Phi) is 3.20. The highest BCUT2D eigenvalue weighted by molar-refractivity contribution is 9.10. The first-order valence-corrected chi connectivity index (χ1v) is 7.39. The fourth-order valence-corrected chi connectivity index (χ4v) is 3.34. The van der Waals surface area contributed by atoms with Crippen LogP contribution in [0.15, 0.2) is 38.5 Å². The number of hydrogen-bond acceptors (Lipinski definition) is 5. The summed E-state index contributed by atoms with van der Waals surface area (Å²) in [6.07, 6.45) is 0. The summed E-state index contributed by atoms with van der Waals surface area (Å²) in [7, 11) is 1.96. The van der Waals surface area contributed by atoms with Crippen LogP contribution < -0.4 is 10.6 Å². The Balaban J connectivity index is 1.86. The van der Waals surface area contributed by atoms with E-state index in [0.29, 0.717) is 11.7 Å². The number of oxazole rings is 1. The van der Waals surface area contributed by atoms with Gasteiger partial charge in [-0.15, -0.1) is 11.3 Å². The van der Waals surface area contributed by atoms with Crippen LogP contribution >= 0.6 is 27.3 Å². The number of nitrogens with two attached hydrogens (primary N) is 1. The lowest BCUT2D eigenvalue weighted by atomic mass is 10.3. The van der Waals surface area contributed by atoms with Crippen LogP contribution in [0, 0.1) is 0 Å². The zero-order valence-electron chi connectivity index (χ0n) is 10.3. The van der Waals surface area contributed by atoms with Gasteiger partial charge in [0.05, 0.1) is 6.54 Å². The highest BCUT2D eigenvalue weighted by atomic mass is 79.9. The van der Waals surface area contributed by atoms with E-state index in [2.05, 4.69) is 32.4 Å². The lowest BCUT2D eigenvalue weighted by Gasteiger charge is -2.12.